The molecule has 72 valence electrons. The fraction of sp³-hybridized carbons (Fsp3) is 0.636. The van der Waals surface area contributed by atoms with E-state index in [1.165, 1.54) is 49.0 Å². The number of aliphatic hydroxyl groups excluding tert-OH is 1. The van der Waals surface area contributed by atoms with E-state index in [0.717, 1.165) is 4.88 Å². The lowest BCUT2D eigenvalue weighted by atomic mass is 10.00. The molecule has 1 aliphatic rings. The minimum absolute atomic E-state index is 0.220. The molecule has 0 aliphatic heterocycles. The third-order valence-electron chi connectivity index (χ3n) is 2.70. The minimum atomic E-state index is 0.220. The van der Waals surface area contributed by atoms with Gasteiger partial charge in [-0.3, -0.25) is 0 Å². The Hall–Kier alpha value is -0.340. The van der Waals surface area contributed by atoms with Gasteiger partial charge in [0.2, 0.25) is 0 Å². The van der Waals surface area contributed by atoms with Gasteiger partial charge in [-0.2, -0.15) is 0 Å². The first-order valence-corrected chi connectivity index (χ1v) is 5.93. The highest BCUT2D eigenvalue weighted by molar-refractivity contribution is 7.12. The topological polar surface area (TPSA) is 20.2 Å². The summed E-state index contributed by atoms with van der Waals surface area (Å²) in [6.07, 6.45) is 7.88. The lowest BCUT2D eigenvalue weighted by Crippen LogP contribution is -1.94. The van der Waals surface area contributed by atoms with Gasteiger partial charge in [0.1, 0.15) is 0 Å². The van der Waals surface area contributed by atoms with Crippen molar-refractivity contribution < 1.29 is 5.11 Å². The Morgan fingerprint density at radius 2 is 1.92 bits per heavy atom. The third kappa shape index (κ3) is 2.12. The van der Waals surface area contributed by atoms with Gasteiger partial charge in [-0.15, -0.1) is 11.3 Å². The van der Waals surface area contributed by atoms with Crippen LogP contribution in [0, 0.1) is 0 Å². The fourth-order valence-electron chi connectivity index (χ4n) is 1.98. The van der Waals surface area contributed by atoms with Gasteiger partial charge in [-0.1, -0.05) is 12.8 Å². The maximum absolute atomic E-state index is 9.04. The van der Waals surface area contributed by atoms with E-state index in [1.807, 2.05) is 11.3 Å². The molecule has 1 heterocycles. The maximum Gasteiger partial charge on any atom is 0.0774 e. The van der Waals surface area contributed by atoms with Crippen molar-refractivity contribution in [1.29, 1.82) is 0 Å². The van der Waals surface area contributed by atoms with Crippen LogP contribution in [0.4, 0.5) is 0 Å². The van der Waals surface area contributed by atoms with Gasteiger partial charge in [-0.25, -0.2) is 0 Å². The van der Waals surface area contributed by atoms with Crippen molar-refractivity contribution in [2.24, 2.45) is 0 Å². The smallest absolute Gasteiger partial charge is 0.0774 e. The van der Waals surface area contributed by atoms with Gasteiger partial charge in [0, 0.05) is 9.75 Å². The molecule has 2 rings (SSSR count). The molecule has 13 heavy (non-hydrogen) atoms. The van der Waals surface area contributed by atoms with Crippen LogP contribution in [0.25, 0.3) is 0 Å². The molecule has 0 bridgehead atoms. The Morgan fingerprint density at radius 3 is 2.69 bits per heavy atom. The number of hydrogen-bond acceptors (Lipinski definition) is 2. The summed E-state index contributed by atoms with van der Waals surface area (Å²) in [6, 6.07) is 2.20. The van der Waals surface area contributed by atoms with Gasteiger partial charge >= 0.3 is 0 Å². The summed E-state index contributed by atoms with van der Waals surface area (Å²) in [4.78, 5) is 2.68. The fourth-order valence-corrected chi connectivity index (χ4v) is 3.10. The number of aryl methyl sites for hydroxylation is 2. The van der Waals surface area contributed by atoms with Crippen molar-refractivity contribution >= 4 is 11.3 Å². The van der Waals surface area contributed by atoms with Gasteiger partial charge in [0.15, 0.2) is 0 Å². The molecule has 0 saturated heterocycles. The number of thiophene rings is 1. The zero-order valence-electron chi connectivity index (χ0n) is 7.88. The van der Waals surface area contributed by atoms with Gasteiger partial charge < -0.3 is 5.11 Å². The average molecular weight is 196 g/mol. The molecule has 0 aromatic carbocycles. The molecule has 1 aromatic rings. The summed E-state index contributed by atoms with van der Waals surface area (Å²) in [5.41, 5.74) is 1.51. The van der Waals surface area contributed by atoms with Crippen LogP contribution in [-0.2, 0) is 19.4 Å². The first kappa shape index (κ1) is 9.22. The standard InChI is InChI=1S/C11H16OS/c12-8-10-7-9-5-3-1-2-4-6-11(9)13-10/h7,12H,1-6,8H2. The van der Waals surface area contributed by atoms with Crippen LogP contribution in [0.15, 0.2) is 6.07 Å². The molecule has 0 spiro atoms. The predicted molar refractivity (Wildman–Crippen MR) is 56.1 cm³/mol. The molecule has 0 radical (unpaired) electrons. The van der Waals surface area contributed by atoms with Crippen molar-refractivity contribution in [3.05, 3.63) is 21.4 Å². The van der Waals surface area contributed by atoms with E-state index in [4.69, 9.17) is 5.11 Å². The van der Waals surface area contributed by atoms with Crippen molar-refractivity contribution in [3.8, 4) is 0 Å². The summed E-state index contributed by atoms with van der Waals surface area (Å²) in [5, 5.41) is 9.04. The minimum Gasteiger partial charge on any atom is -0.391 e. The normalized spacial score (nSPS) is 17.6. The Morgan fingerprint density at radius 1 is 1.15 bits per heavy atom. The van der Waals surface area contributed by atoms with Crippen LogP contribution in [0.3, 0.4) is 0 Å². The Kier molecular flexibility index (Phi) is 3.01. The zero-order chi connectivity index (χ0) is 9.10. The second-order valence-electron chi connectivity index (χ2n) is 3.73. The molecule has 2 heteroatoms. The molecule has 0 fully saturated rings. The van der Waals surface area contributed by atoms with Crippen LogP contribution in [-0.4, -0.2) is 5.11 Å². The van der Waals surface area contributed by atoms with Crippen LogP contribution >= 0.6 is 11.3 Å². The Balaban J connectivity index is 2.21. The Bertz CT molecular complexity index is 252. The summed E-state index contributed by atoms with van der Waals surface area (Å²) in [6.45, 7) is 0.220. The highest BCUT2D eigenvalue weighted by Crippen LogP contribution is 2.28. The van der Waals surface area contributed by atoms with Crippen LogP contribution in [0.5, 0.6) is 0 Å². The predicted octanol–water partition coefficient (Wildman–Crippen LogP) is 2.90. The third-order valence-corrected chi connectivity index (χ3v) is 3.93. The summed E-state index contributed by atoms with van der Waals surface area (Å²) in [7, 11) is 0. The maximum atomic E-state index is 9.04. The number of hydrogen-bond donors (Lipinski definition) is 1. The lowest BCUT2D eigenvalue weighted by Gasteiger charge is -2.07. The van der Waals surface area contributed by atoms with E-state index < -0.39 is 0 Å². The Labute approximate surface area is 83.4 Å². The second kappa shape index (κ2) is 4.25. The first-order chi connectivity index (χ1) is 6.40. The first-order valence-electron chi connectivity index (χ1n) is 5.11. The van der Waals surface area contributed by atoms with Crippen molar-refractivity contribution in [3.63, 3.8) is 0 Å². The molecule has 0 amide bonds. The van der Waals surface area contributed by atoms with E-state index in [0.29, 0.717) is 0 Å². The van der Waals surface area contributed by atoms with Gasteiger partial charge in [0.25, 0.3) is 0 Å². The van der Waals surface area contributed by atoms with Gasteiger partial charge in [-0.05, 0) is 37.3 Å². The van der Waals surface area contributed by atoms with E-state index in [-0.39, 0.29) is 6.61 Å². The summed E-state index contributed by atoms with van der Waals surface area (Å²) >= 11 is 1.81. The molecule has 1 nitrogen and oxygen atoms in total. The largest absolute Gasteiger partial charge is 0.391 e. The SMILES string of the molecule is OCc1cc2c(s1)CCCCCC2. The van der Waals surface area contributed by atoms with Gasteiger partial charge in [0.05, 0.1) is 6.61 Å². The van der Waals surface area contributed by atoms with Crippen LogP contribution in [0.1, 0.15) is 41.0 Å². The highest BCUT2D eigenvalue weighted by Gasteiger charge is 2.10. The molecule has 1 N–H and O–H groups in total. The lowest BCUT2D eigenvalue weighted by molar-refractivity contribution is 0.285. The number of rotatable bonds is 1. The second-order valence-corrected chi connectivity index (χ2v) is 4.95. The van der Waals surface area contributed by atoms with E-state index in [2.05, 4.69) is 6.07 Å². The van der Waals surface area contributed by atoms with Crippen molar-refractivity contribution in [1.82, 2.24) is 0 Å². The summed E-state index contributed by atoms with van der Waals surface area (Å²) in [5.74, 6) is 0. The highest BCUT2D eigenvalue weighted by atomic mass is 32.1. The number of fused-ring (bicyclic) bond motifs is 1. The molecular formula is C11H16OS. The molecule has 0 saturated carbocycles. The molecular weight excluding hydrogens is 180 g/mol. The molecule has 0 atom stereocenters. The van der Waals surface area contributed by atoms with E-state index >= 15 is 0 Å². The van der Waals surface area contributed by atoms with Crippen LogP contribution < -0.4 is 0 Å². The average Bonchev–Trinajstić information content (AvgIpc) is 2.47. The monoisotopic (exact) mass is 196 g/mol. The quantitative estimate of drug-likeness (QED) is 0.732. The molecule has 0 unspecified atom stereocenters. The number of aliphatic hydroxyl groups is 1. The van der Waals surface area contributed by atoms with E-state index in [9.17, 15) is 0 Å². The molecule has 1 aliphatic carbocycles. The zero-order valence-corrected chi connectivity index (χ0v) is 8.70. The van der Waals surface area contributed by atoms with Crippen molar-refractivity contribution in [2.45, 2.75) is 45.1 Å². The van der Waals surface area contributed by atoms with E-state index in [1.54, 1.807) is 0 Å². The van der Waals surface area contributed by atoms with Crippen molar-refractivity contribution in [2.75, 3.05) is 0 Å². The summed E-state index contributed by atoms with van der Waals surface area (Å²) < 4.78 is 0. The van der Waals surface area contributed by atoms with Crippen LogP contribution in [0.2, 0.25) is 0 Å². The molecule has 1 aromatic heterocycles.